The van der Waals surface area contributed by atoms with Gasteiger partial charge >= 0.3 is 0 Å². The van der Waals surface area contributed by atoms with Crippen LogP contribution in [0.15, 0.2) is 72.8 Å². The number of rotatable bonds is 2. The number of fused-ring (bicyclic) bond motifs is 2. The van der Waals surface area contributed by atoms with E-state index >= 15 is 0 Å². The third-order valence-electron chi connectivity index (χ3n) is 4.38. The van der Waals surface area contributed by atoms with E-state index in [9.17, 15) is 0 Å². The molecule has 6 heteroatoms. The lowest BCUT2D eigenvalue weighted by atomic mass is 10.2. The lowest BCUT2D eigenvalue weighted by molar-refractivity contribution is 1.08. The van der Waals surface area contributed by atoms with Gasteiger partial charge in [0, 0.05) is 5.56 Å². The molecular weight excluding hydrogens is 379 g/mol. The van der Waals surface area contributed by atoms with Crippen molar-refractivity contribution in [2.75, 3.05) is 0 Å². The molecule has 0 saturated heterocycles. The second-order valence-corrected chi connectivity index (χ2v) is 6.88. The molecule has 0 fully saturated rings. The lowest BCUT2D eigenvalue weighted by Crippen LogP contribution is -2.00. The van der Waals surface area contributed by atoms with Crippen molar-refractivity contribution in [2.45, 2.75) is 0 Å². The summed E-state index contributed by atoms with van der Waals surface area (Å²) in [6.07, 6.45) is 0. The highest BCUT2D eigenvalue weighted by molar-refractivity contribution is 6.33. The predicted molar refractivity (Wildman–Crippen MR) is 110 cm³/mol. The van der Waals surface area contributed by atoms with E-state index in [2.05, 4.69) is 4.98 Å². The molecule has 0 bridgehead atoms. The van der Waals surface area contributed by atoms with Crippen LogP contribution in [-0.4, -0.2) is 19.5 Å². The zero-order chi connectivity index (χ0) is 18.4. The summed E-state index contributed by atoms with van der Waals surface area (Å²) in [4.78, 5) is 14.3. The van der Waals surface area contributed by atoms with E-state index in [-0.39, 0.29) is 0 Å². The molecule has 4 nitrogen and oxygen atoms in total. The van der Waals surface area contributed by atoms with Crippen LogP contribution in [0.2, 0.25) is 10.0 Å². The Morgan fingerprint density at radius 1 is 0.630 bits per heavy atom. The molecule has 0 spiro atoms. The Labute approximate surface area is 165 Å². The summed E-state index contributed by atoms with van der Waals surface area (Å²) in [5.74, 6) is 0.652. The van der Waals surface area contributed by atoms with Gasteiger partial charge in [-0.2, -0.15) is 0 Å². The molecule has 0 radical (unpaired) electrons. The first-order valence-electron chi connectivity index (χ1n) is 8.37. The quantitative estimate of drug-likeness (QED) is 0.374. The highest BCUT2D eigenvalue weighted by Crippen LogP contribution is 2.34. The molecule has 0 amide bonds. The molecular formula is C21H12Cl2N4. The number of hydrogen-bond acceptors (Lipinski definition) is 3. The summed E-state index contributed by atoms with van der Waals surface area (Å²) in [6, 6.07) is 22.9. The maximum Gasteiger partial charge on any atom is 0.199 e. The maximum atomic E-state index is 6.50. The Balaban J connectivity index is 1.94. The number of hydrogen-bond donors (Lipinski definition) is 0. The van der Waals surface area contributed by atoms with Gasteiger partial charge in [0.15, 0.2) is 11.3 Å². The van der Waals surface area contributed by atoms with Gasteiger partial charge in [0.25, 0.3) is 0 Å². The van der Waals surface area contributed by atoms with Gasteiger partial charge in [0.1, 0.15) is 5.82 Å². The summed E-state index contributed by atoms with van der Waals surface area (Å²) in [6.45, 7) is 0. The Morgan fingerprint density at radius 3 is 2.00 bits per heavy atom. The molecule has 3 aromatic carbocycles. The maximum absolute atomic E-state index is 6.50. The fraction of sp³-hybridized carbons (Fsp3) is 0. The third kappa shape index (κ3) is 2.65. The van der Waals surface area contributed by atoms with Crippen LogP contribution in [0.3, 0.4) is 0 Å². The van der Waals surface area contributed by atoms with Gasteiger partial charge in [-0.25, -0.2) is 15.0 Å². The van der Waals surface area contributed by atoms with Crippen molar-refractivity contribution >= 4 is 45.5 Å². The van der Waals surface area contributed by atoms with Crippen LogP contribution in [0.1, 0.15) is 0 Å². The average molecular weight is 391 g/mol. The Hall–Kier alpha value is -2.95. The molecule has 0 N–H and O–H groups in total. The Kier molecular flexibility index (Phi) is 3.81. The van der Waals surface area contributed by atoms with Crippen LogP contribution in [0.25, 0.3) is 39.4 Å². The van der Waals surface area contributed by atoms with Crippen LogP contribution in [0, 0.1) is 0 Å². The number of imidazole rings is 1. The zero-order valence-corrected chi connectivity index (χ0v) is 15.5. The second kappa shape index (κ2) is 6.34. The third-order valence-corrected chi connectivity index (χ3v) is 5.03. The highest BCUT2D eigenvalue weighted by atomic mass is 35.5. The number of nitrogens with zero attached hydrogens (tertiary/aromatic N) is 4. The van der Waals surface area contributed by atoms with E-state index in [0.717, 1.165) is 22.3 Å². The molecule has 0 aliphatic heterocycles. The molecule has 2 aromatic heterocycles. The molecule has 0 atom stereocenters. The molecule has 5 rings (SSSR count). The van der Waals surface area contributed by atoms with Crippen LogP contribution < -0.4 is 0 Å². The standard InChI is InChI=1S/C21H12Cl2N4/c22-14-8-2-1-7-13(14)20-26-19-21(25-17-11-5-4-10-16(17)24-19)27(20)18-12-6-3-9-15(18)23/h1-12H. The van der Waals surface area contributed by atoms with Crippen molar-refractivity contribution < 1.29 is 0 Å². The summed E-state index contributed by atoms with van der Waals surface area (Å²) in [7, 11) is 0. The largest absolute Gasteiger partial charge is 0.274 e. The monoisotopic (exact) mass is 390 g/mol. The normalized spacial score (nSPS) is 11.3. The number of aromatic nitrogens is 4. The van der Waals surface area contributed by atoms with Crippen molar-refractivity contribution in [3.8, 4) is 17.1 Å². The Bertz CT molecular complexity index is 1310. The predicted octanol–water partition coefficient (Wildman–Crippen LogP) is 5.94. The van der Waals surface area contributed by atoms with E-state index in [0.29, 0.717) is 27.2 Å². The molecule has 5 aromatic rings. The zero-order valence-electron chi connectivity index (χ0n) is 14.0. The van der Waals surface area contributed by atoms with E-state index in [1.165, 1.54) is 0 Å². The lowest BCUT2D eigenvalue weighted by Gasteiger charge is -2.11. The topological polar surface area (TPSA) is 43.6 Å². The minimum atomic E-state index is 0.545. The fourth-order valence-corrected chi connectivity index (χ4v) is 3.58. The van der Waals surface area contributed by atoms with Crippen LogP contribution in [-0.2, 0) is 0 Å². The molecule has 130 valence electrons. The van der Waals surface area contributed by atoms with Gasteiger partial charge in [-0.3, -0.25) is 4.57 Å². The average Bonchev–Trinajstić information content (AvgIpc) is 3.05. The van der Waals surface area contributed by atoms with Crippen LogP contribution in [0.5, 0.6) is 0 Å². The van der Waals surface area contributed by atoms with Gasteiger partial charge in [0.2, 0.25) is 0 Å². The molecule has 0 unspecified atom stereocenters. The van der Waals surface area contributed by atoms with Crippen molar-refractivity contribution in [3.63, 3.8) is 0 Å². The van der Waals surface area contributed by atoms with Gasteiger partial charge in [-0.05, 0) is 36.4 Å². The van der Waals surface area contributed by atoms with Crippen molar-refractivity contribution in [1.29, 1.82) is 0 Å². The smallest absolute Gasteiger partial charge is 0.199 e. The Morgan fingerprint density at radius 2 is 1.26 bits per heavy atom. The highest BCUT2D eigenvalue weighted by Gasteiger charge is 2.20. The minimum absolute atomic E-state index is 0.545. The van der Waals surface area contributed by atoms with Crippen LogP contribution >= 0.6 is 23.2 Å². The SMILES string of the molecule is Clc1ccccc1-c1nc2nc3ccccc3nc2n1-c1ccccc1Cl. The molecule has 2 heterocycles. The number of benzene rings is 3. The molecule has 0 aliphatic rings. The van der Waals surface area contributed by atoms with Crippen LogP contribution in [0.4, 0.5) is 0 Å². The first-order valence-corrected chi connectivity index (χ1v) is 9.13. The molecule has 0 saturated carbocycles. The van der Waals surface area contributed by atoms with Crippen molar-refractivity contribution in [3.05, 3.63) is 82.8 Å². The fourth-order valence-electron chi connectivity index (χ4n) is 3.14. The second-order valence-electron chi connectivity index (χ2n) is 6.06. The first-order chi connectivity index (χ1) is 13.2. The van der Waals surface area contributed by atoms with Gasteiger partial charge in [-0.15, -0.1) is 0 Å². The summed E-state index contributed by atoms with van der Waals surface area (Å²) >= 11 is 13.0. The summed E-state index contributed by atoms with van der Waals surface area (Å²) in [5.41, 5.74) is 4.34. The van der Waals surface area contributed by atoms with E-state index in [4.69, 9.17) is 33.2 Å². The number of para-hydroxylation sites is 3. The first kappa shape index (κ1) is 16.2. The van der Waals surface area contributed by atoms with E-state index in [1.807, 2.05) is 77.4 Å². The van der Waals surface area contributed by atoms with Crippen molar-refractivity contribution in [1.82, 2.24) is 19.5 Å². The van der Waals surface area contributed by atoms with Gasteiger partial charge in [0.05, 0.1) is 26.8 Å². The molecule has 0 aliphatic carbocycles. The minimum Gasteiger partial charge on any atom is -0.274 e. The summed E-state index contributed by atoms with van der Waals surface area (Å²) in [5, 5.41) is 1.20. The summed E-state index contributed by atoms with van der Waals surface area (Å²) < 4.78 is 1.92. The van der Waals surface area contributed by atoms with Gasteiger partial charge < -0.3 is 0 Å². The van der Waals surface area contributed by atoms with E-state index in [1.54, 1.807) is 0 Å². The van der Waals surface area contributed by atoms with Crippen molar-refractivity contribution in [2.24, 2.45) is 0 Å². The molecule has 27 heavy (non-hydrogen) atoms. The van der Waals surface area contributed by atoms with E-state index < -0.39 is 0 Å². The number of halogens is 2. The van der Waals surface area contributed by atoms with Gasteiger partial charge in [-0.1, -0.05) is 59.6 Å².